The average molecular weight is 316 g/mol. The second kappa shape index (κ2) is 6.51. The molecule has 1 aliphatic heterocycles. The molecule has 122 valence electrons. The van der Waals surface area contributed by atoms with Crippen LogP contribution in [0.15, 0.2) is 18.3 Å². The van der Waals surface area contributed by atoms with Crippen molar-refractivity contribution in [2.75, 3.05) is 18.0 Å². The number of nitrogens with two attached hydrogens (primary N) is 1. The molecule has 0 spiro atoms. The second-order valence-corrected chi connectivity index (χ2v) is 5.46. The van der Waals surface area contributed by atoms with E-state index in [4.69, 9.17) is 5.73 Å². The summed E-state index contributed by atoms with van der Waals surface area (Å²) in [5.74, 6) is 0.330. The highest BCUT2D eigenvalue weighted by Crippen LogP contribution is 2.29. The predicted molar refractivity (Wildman–Crippen MR) is 76.3 cm³/mol. The van der Waals surface area contributed by atoms with Gasteiger partial charge in [-0.25, -0.2) is 4.98 Å². The number of aromatic nitrogens is 1. The summed E-state index contributed by atoms with van der Waals surface area (Å²) in [4.78, 5) is 17.3. The average Bonchev–Trinajstić information content (AvgIpc) is 2.47. The number of hydrogen-bond donors (Lipinski definition) is 2. The third-order valence-electron chi connectivity index (χ3n) is 3.65. The van der Waals surface area contributed by atoms with Crippen molar-refractivity contribution in [3.63, 3.8) is 0 Å². The Morgan fingerprint density at radius 2 is 2.05 bits per heavy atom. The quantitative estimate of drug-likeness (QED) is 0.887. The number of alkyl halides is 3. The van der Waals surface area contributed by atoms with Crippen LogP contribution in [-0.2, 0) is 11.0 Å². The molecule has 1 saturated heterocycles. The van der Waals surface area contributed by atoms with E-state index in [1.165, 1.54) is 6.07 Å². The minimum atomic E-state index is -4.37. The van der Waals surface area contributed by atoms with Gasteiger partial charge in [0, 0.05) is 25.3 Å². The summed E-state index contributed by atoms with van der Waals surface area (Å²) in [6, 6.07) is 1.91. The summed E-state index contributed by atoms with van der Waals surface area (Å²) in [6.45, 7) is 2.88. The van der Waals surface area contributed by atoms with Crippen LogP contribution in [0.25, 0.3) is 0 Å². The Morgan fingerprint density at radius 1 is 1.41 bits per heavy atom. The van der Waals surface area contributed by atoms with E-state index in [9.17, 15) is 18.0 Å². The van der Waals surface area contributed by atoms with Gasteiger partial charge in [0.1, 0.15) is 5.82 Å². The molecule has 1 fully saturated rings. The molecule has 1 aliphatic rings. The summed E-state index contributed by atoms with van der Waals surface area (Å²) < 4.78 is 37.5. The van der Waals surface area contributed by atoms with Gasteiger partial charge < -0.3 is 16.0 Å². The number of carbonyl (C=O) groups excluding carboxylic acids is 1. The van der Waals surface area contributed by atoms with Gasteiger partial charge in [-0.2, -0.15) is 13.2 Å². The van der Waals surface area contributed by atoms with E-state index < -0.39 is 17.8 Å². The molecule has 1 atom stereocenters. The van der Waals surface area contributed by atoms with Crippen LogP contribution >= 0.6 is 0 Å². The molecule has 5 nitrogen and oxygen atoms in total. The lowest BCUT2D eigenvalue weighted by Crippen LogP contribution is -2.49. The number of pyridine rings is 1. The molecule has 0 bridgehead atoms. The number of carbonyl (C=O) groups is 1. The minimum Gasteiger partial charge on any atom is -0.356 e. The van der Waals surface area contributed by atoms with E-state index in [0.29, 0.717) is 31.7 Å². The minimum absolute atomic E-state index is 0.0456. The van der Waals surface area contributed by atoms with Gasteiger partial charge in [0.25, 0.3) is 0 Å². The van der Waals surface area contributed by atoms with E-state index in [1.54, 1.807) is 6.92 Å². The Hall–Kier alpha value is -1.83. The van der Waals surface area contributed by atoms with Gasteiger partial charge >= 0.3 is 6.18 Å². The Morgan fingerprint density at radius 3 is 2.50 bits per heavy atom. The number of nitrogens with zero attached hydrogens (tertiary/aromatic N) is 2. The van der Waals surface area contributed by atoms with Crippen molar-refractivity contribution in [3.05, 3.63) is 23.9 Å². The first-order valence-corrected chi connectivity index (χ1v) is 7.11. The highest BCUT2D eigenvalue weighted by atomic mass is 19.4. The van der Waals surface area contributed by atoms with E-state index in [-0.39, 0.29) is 11.9 Å². The SMILES string of the molecule is C[C@@H](N)C(=O)NC1CCN(c2ccc(C(F)(F)F)cn2)CC1. The molecule has 2 rings (SSSR count). The van der Waals surface area contributed by atoms with Crippen molar-refractivity contribution in [3.8, 4) is 0 Å². The van der Waals surface area contributed by atoms with Crippen LogP contribution in [0.5, 0.6) is 0 Å². The maximum absolute atomic E-state index is 12.5. The Kier molecular flexibility index (Phi) is 4.90. The van der Waals surface area contributed by atoms with Crippen LogP contribution in [0.1, 0.15) is 25.3 Å². The van der Waals surface area contributed by atoms with Crippen LogP contribution in [-0.4, -0.2) is 36.1 Å². The van der Waals surface area contributed by atoms with Crippen LogP contribution in [0.4, 0.5) is 19.0 Å². The molecule has 1 aromatic heterocycles. The molecule has 3 N–H and O–H groups in total. The lowest BCUT2D eigenvalue weighted by Gasteiger charge is -2.33. The largest absolute Gasteiger partial charge is 0.417 e. The van der Waals surface area contributed by atoms with Crippen LogP contribution in [0, 0.1) is 0 Å². The maximum atomic E-state index is 12.5. The normalized spacial score (nSPS) is 18.1. The van der Waals surface area contributed by atoms with Crippen molar-refractivity contribution in [1.82, 2.24) is 10.3 Å². The Bertz CT molecular complexity index is 508. The van der Waals surface area contributed by atoms with Gasteiger partial charge in [0.15, 0.2) is 0 Å². The predicted octanol–water partition coefficient (Wildman–Crippen LogP) is 1.53. The number of rotatable bonds is 3. The number of nitrogens with one attached hydrogen (secondary N) is 1. The molecule has 0 unspecified atom stereocenters. The summed E-state index contributed by atoms with van der Waals surface area (Å²) in [7, 11) is 0. The summed E-state index contributed by atoms with van der Waals surface area (Å²) in [5.41, 5.74) is 4.74. The first kappa shape index (κ1) is 16.5. The maximum Gasteiger partial charge on any atom is 0.417 e. The van der Waals surface area contributed by atoms with E-state index >= 15 is 0 Å². The first-order valence-electron chi connectivity index (χ1n) is 7.11. The van der Waals surface area contributed by atoms with Gasteiger partial charge in [0.05, 0.1) is 11.6 Å². The molecule has 22 heavy (non-hydrogen) atoms. The lowest BCUT2D eigenvalue weighted by molar-refractivity contribution is -0.137. The van der Waals surface area contributed by atoms with Gasteiger partial charge in [-0.1, -0.05) is 0 Å². The number of anilines is 1. The zero-order valence-electron chi connectivity index (χ0n) is 12.2. The molecule has 0 aliphatic carbocycles. The van der Waals surface area contributed by atoms with E-state index in [1.807, 2.05) is 4.90 Å². The standard InChI is InChI=1S/C14H19F3N4O/c1-9(18)13(22)20-11-4-6-21(7-5-11)12-3-2-10(8-19-12)14(15,16)17/h2-3,8-9,11H,4-7,18H2,1H3,(H,20,22)/t9-/m1/s1. The Labute approximate surface area is 126 Å². The fourth-order valence-corrected chi connectivity index (χ4v) is 2.33. The molecule has 0 aromatic carbocycles. The zero-order chi connectivity index (χ0) is 16.3. The van der Waals surface area contributed by atoms with Crippen LogP contribution in [0.3, 0.4) is 0 Å². The van der Waals surface area contributed by atoms with Crippen LogP contribution in [0.2, 0.25) is 0 Å². The highest BCUT2D eigenvalue weighted by molar-refractivity contribution is 5.81. The molecule has 0 saturated carbocycles. The summed E-state index contributed by atoms with van der Waals surface area (Å²) in [6.07, 6.45) is -2.11. The van der Waals surface area contributed by atoms with Crippen molar-refractivity contribution in [1.29, 1.82) is 0 Å². The number of hydrogen-bond acceptors (Lipinski definition) is 4. The number of halogens is 3. The monoisotopic (exact) mass is 316 g/mol. The zero-order valence-corrected chi connectivity index (χ0v) is 12.2. The topological polar surface area (TPSA) is 71.2 Å². The first-order chi connectivity index (χ1) is 10.3. The van der Waals surface area contributed by atoms with Crippen molar-refractivity contribution >= 4 is 11.7 Å². The molecule has 0 radical (unpaired) electrons. The van der Waals surface area contributed by atoms with Gasteiger partial charge in [-0.15, -0.1) is 0 Å². The highest BCUT2D eigenvalue weighted by Gasteiger charge is 2.31. The fourth-order valence-electron chi connectivity index (χ4n) is 2.33. The van der Waals surface area contributed by atoms with Crippen molar-refractivity contribution < 1.29 is 18.0 Å². The van der Waals surface area contributed by atoms with Crippen LogP contribution < -0.4 is 16.0 Å². The van der Waals surface area contributed by atoms with Gasteiger partial charge in [-0.3, -0.25) is 4.79 Å². The number of amides is 1. The van der Waals surface area contributed by atoms with Crippen molar-refractivity contribution in [2.24, 2.45) is 5.73 Å². The van der Waals surface area contributed by atoms with E-state index in [0.717, 1.165) is 12.3 Å². The molecule has 8 heteroatoms. The third kappa shape index (κ3) is 4.09. The van der Waals surface area contributed by atoms with E-state index in [2.05, 4.69) is 10.3 Å². The fraction of sp³-hybridized carbons (Fsp3) is 0.571. The van der Waals surface area contributed by atoms with Crippen molar-refractivity contribution in [2.45, 2.75) is 38.0 Å². The summed E-state index contributed by atoms with van der Waals surface area (Å²) >= 11 is 0. The van der Waals surface area contributed by atoms with Gasteiger partial charge in [0.2, 0.25) is 5.91 Å². The molecule has 1 aromatic rings. The number of piperidine rings is 1. The molecule has 1 amide bonds. The third-order valence-corrected chi connectivity index (χ3v) is 3.65. The van der Waals surface area contributed by atoms with Gasteiger partial charge in [-0.05, 0) is 31.9 Å². The molecular weight excluding hydrogens is 297 g/mol. The lowest BCUT2D eigenvalue weighted by atomic mass is 10.0. The Balaban J connectivity index is 1.90. The smallest absolute Gasteiger partial charge is 0.356 e. The summed E-state index contributed by atoms with van der Waals surface area (Å²) in [5, 5.41) is 2.86. The molecular formula is C14H19F3N4O. The second-order valence-electron chi connectivity index (χ2n) is 5.46. The molecule has 2 heterocycles.